The van der Waals surface area contributed by atoms with Crippen LogP contribution in [-0.4, -0.2) is 16.2 Å². The van der Waals surface area contributed by atoms with E-state index in [0.29, 0.717) is 17.7 Å². The second-order valence-electron chi connectivity index (χ2n) is 4.40. The maximum atomic E-state index is 11.6. The number of aliphatic imine (C=N–C) groups is 1. The minimum atomic E-state index is -0.0516. The molecule has 1 aliphatic rings. The van der Waals surface area contributed by atoms with Gasteiger partial charge in [0, 0.05) is 6.21 Å². The molecular weight excluding hydrogens is 202 g/mol. The van der Waals surface area contributed by atoms with Gasteiger partial charge in [-0.1, -0.05) is 13.8 Å². The molecule has 2 unspecified atom stereocenters. The molecule has 4 nitrogen and oxygen atoms in total. The molecule has 86 valence electrons. The van der Waals surface area contributed by atoms with Crippen molar-refractivity contribution in [2.45, 2.75) is 33.1 Å². The summed E-state index contributed by atoms with van der Waals surface area (Å²) in [7, 11) is 0. The molecule has 1 N–H and O–H groups in total. The van der Waals surface area contributed by atoms with Gasteiger partial charge in [-0.15, -0.1) is 0 Å². The zero-order valence-electron chi connectivity index (χ0n) is 9.73. The van der Waals surface area contributed by atoms with E-state index in [4.69, 9.17) is 0 Å². The number of aromatic amines is 1. The Balaban J connectivity index is 2.41. The van der Waals surface area contributed by atoms with Crippen LogP contribution < -0.4 is 5.56 Å². The van der Waals surface area contributed by atoms with Crippen LogP contribution in [0.4, 0.5) is 5.82 Å². The standard InChI is InChI=1S/C12H17N3O/c1-3-9-6-13-11-10(5-4-8(9)2)12(16)15-7-14-11/h6-9H,3-5H2,1-2H3,(H,14,15,16). The van der Waals surface area contributed by atoms with Crippen LogP contribution in [0, 0.1) is 11.8 Å². The van der Waals surface area contributed by atoms with Gasteiger partial charge in [0.2, 0.25) is 0 Å². The Morgan fingerprint density at radius 3 is 3.12 bits per heavy atom. The monoisotopic (exact) mass is 219 g/mol. The van der Waals surface area contributed by atoms with Crippen molar-refractivity contribution in [2.75, 3.05) is 0 Å². The van der Waals surface area contributed by atoms with E-state index in [9.17, 15) is 4.79 Å². The number of rotatable bonds is 1. The zero-order valence-corrected chi connectivity index (χ0v) is 9.73. The summed E-state index contributed by atoms with van der Waals surface area (Å²) in [5.41, 5.74) is 0.671. The molecule has 0 aliphatic carbocycles. The predicted octanol–water partition coefficient (Wildman–Crippen LogP) is 2.08. The van der Waals surface area contributed by atoms with Crippen molar-refractivity contribution in [2.24, 2.45) is 16.8 Å². The zero-order chi connectivity index (χ0) is 11.5. The normalized spacial score (nSPS) is 24.6. The van der Waals surface area contributed by atoms with Crippen LogP contribution in [0.1, 0.15) is 32.3 Å². The van der Waals surface area contributed by atoms with Crippen LogP contribution in [0.25, 0.3) is 0 Å². The van der Waals surface area contributed by atoms with Crippen LogP contribution in [0.5, 0.6) is 0 Å². The van der Waals surface area contributed by atoms with E-state index in [0.717, 1.165) is 24.8 Å². The summed E-state index contributed by atoms with van der Waals surface area (Å²) in [4.78, 5) is 22.7. The Morgan fingerprint density at radius 1 is 1.56 bits per heavy atom. The molecule has 1 aromatic rings. The summed E-state index contributed by atoms with van der Waals surface area (Å²) in [6.07, 6.45) is 6.25. The van der Waals surface area contributed by atoms with E-state index in [1.54, 1.807) is 0 Å². The molecule has 0 fully saturated rings. The Morgan fingerprint density at radius 2 is 2.38 bits per heavy atom. The lowest BCUT2D eigenvalue weighted by molar-refractivity contribution is 0.417. The number of aromatic nitrogens is 2. The fraction of sp³-hybridized carbons (Fsp3) is 0.583. The highest BCUT2D eigenvalue weighted by Gasteiger charge is 2.18. The maximum absolute atomic E-state index is 11.6. The Labute approximate surface area is 94.8 Å². The Kier molecular flexibility index (Phi) is 3.17. The molecule has 0 bridgehead atoms. The fourth-order valence-electron chi connectivity index (χ4n) is 2.16. The maximum Gasteiger partial charge on any atom is 0.256 e. The largest absolute Gasteiger partial charge is 0.313 e. The number of nitrogens with zero attached hydrogens (tertiary/aromatic N) is 2. The topological polar surface area (TPSA) is 58.1 Å². The van der Waals surface area contributed by atoms with Gasteiger partial charge >= 0.3 is 0 Å². The van der Waals surface area contributed by atoms with Crippen molar-refractivity contribution in [3.05, 3.63) is 22.2 Å². The van der Waals surface area contributed by atoms with Crippen LogP contribution >= 0.6 is 0 Å². The van der Waals surface area contributed by atoms with E-state index >= 15 is 0 Å². The molecule has 0 saturated carbocycles. The minimum absolute atomic E-state index is 0.0516. The number of nitrogens with one attached hydrogen (secondary N) is 1. The van der Waals surface area contributed by atoms with Crippen LogP contribution in [-0.2, 0) is 6.42 Å². The number of hydrogen-bond donors (Lipinski definition) is 1. The lowest BCUT2D eigenvalue weighted by Crippen LogP contribution is -2.20. The highest BCUT2D eigenvalue weighted by atomic mass is 16.1. The highest BCUT2D eigenvalue weighted by molar-refractivity contribution is 5.66. The van der Waals surface area contributed by atoms with Gasteiger partial charge in [-0.3, -0.25) is 4.79 Å². The quantitative estimate of drug-likeness (QED) is 0.786. The summed E-state index contributed by atoms with van der Waals surface area (Å²) in [5, 5.41) is 0. The van der Waals surface area contributed by atoms with Crippen molar-refractivity contribution < 1.29 is 0 Å². The van der Waals surface area contributed by atoms with E-state index in [1.165, 1.54) is 6.33 Å². The van der Waals surface area contributed by atoms with E-state index in [-0.39, 0.29) is 5.56 Å². The molecule has 0 aromatic carbocycles. The third kappa shape index (κ3) is 2.05. The molecule has 2 rings (SSSR count). The molecule has 0 amide bonds. The fourth-order valence-corrected chi connectivity index (χ4v) is 2.16. The molecular formula is C12H17N3O. The molecule has 2 heterocycles. The second kappa shape index (κ2) is 4.60. The molecule has 16 heavy (non-hydrogen) atoms. The highest BCUT2D eigenvalue weighted by Crippen LogP contribution is 2.24. The first-order chi connectivity index (χ1) is 7.72. The Hall–Kier alpha value is -1.45. The van der Waals surface area contributed by atoms with Gasteiger partial charge in [0.25, 0.3) is 5.56 Å². The summed E-state index contributed by atoms with van der Waals surface area (Å²) >= 11 is 0. The van der Waals surface area contributed by atoms with Crippen molar-refractivity contribution >= 4 is 12.0 Å². The van der Waals surface area contributed by atoms with Gasteiger partial charge < -0.3 is 4.98 Å². The molecule has 0 saturated heterocycles. The number of hydrogen-bond acceptors (Lipinski definition) is 3. The van der Waals surface area contributed by atoms with Crippen molar-refractivity contribution in [3.63, 3.8) is 0 Å². The van der Waals surface area contributed by atoms with Crippen LogP contribution in [0.3, 0.4) is 0 Å². The predicted molar refractivity (Wildman–Crippen MR) is 64.3 cm³/mol. The molecule has 0 radical (unpaired) electrons. The van der Waals surface area contributed by atoms with Crippen LogP contribution in [0.2, 0.25) is 0 Å². The van der Waals surface area contributed by atoms with Crippen molar-refractivity contribution in [1.29, 1.82) is 0 Å². The summed E-state index contributed by atoms with van der Waals surface area (Å²) in [6.45, 7) is 4.39. The first kappa shape index (κ1) is 11.0. The van der Waals surface area contributed by atoms with E-state index in [1.807, 2.05) is 6.21 Å². The van der Waals surface area contributed by atoms with Gasteiger partial charge in [-0.2, -0.15) is 0 Å². The van der Waals surface area contributed by atoms with E-state index in [2.05, 4.69) is 28.8 Å². The molecule has 2 atom stereocenters. The molecule has 1 aliphatic heterocycles. The summed E-state index contributed by atoms with van der Waals surface area (Å²) < 4.78 is 0. The SMILES string of the molecule is CCC1C=Nc2nc[nH]c(=O)c2CCC1C. The third-order valence-corrected chi connectivity index (χ3v) is 3.37. The van der Waals surface area contributed by atoms with Gasteiger partial charge in [0.1, 0.15) is 0 Å². The first-order valence-corrected chi connectivity index (χ1v) is 5.83. The van der Waals surface area contributed by atoms with Crippen molar-refractivity contribution in [3.8, 4) is 0 Å². The first-order valence-electron chi connectivity index (χ1n) is 5.83. The summed E-state index contributed by atoms with van der Waals surface area (Å²) in [6, 6.07) is 0. The second-order valence-corrected chi connectivity index (χ2v) is 4.40. The lowest BCUT2D eigenvalue weighted by atomic mass is 9.87. The molecule has 1 aromatic heterocycles. The van der Waals surface area contributed by atoms with Crippen molar-refractivity contribution in [1.82, 2.24) is 9.97 Å². The third-order valence-electron chi connectivity index (χ3n) is 3.37. The average Bonchev–Trinajstić information content (AvgIpc) is 2.26. The Bertz CT molecular complexity index is 450. The van der Waals surface area contributed by atoms with Gasteiger partial charge in [-0.25, -0.2) is 9.98 Å². The average molecular weight is 219 g/mol. The summed E-state index contributed by atoms with van der Waals surface area (Å²) in [5.74, 6) is 1.66. The molecule has 0 spiro atoms. The molecule has 4 heteroatoms. The van der Waals surface area contributed by atoms with Gasteiger partial charge in [0.15, 0.2) is 5.82 Å². The van der Waals surface area contributed by atoms with Gasteiger partial charge in [0.05, 0.1) is 11.9 Å². The number of H-pyrrole nitrogens is 1. The lowest BCUT2D eigenvalue weighted by Gasteiger charge is -2.20. The van der Waals surface area contributed by atoms with Crippen LogP contribution in [0.15, 0.2) is 16.1 Å². The minimum Gasteiger partial charge on any atom is -0.313 e. The number of fused-ring (bicyclic) bond motifs is 1. The van der Waals surface area contributed by atoms with Gasteiger partial charge in [-0.05, 0) is 31.1 Å². The smallest absolute Gasteiger partial charge is 0.256 e. The van der Waals surface area contributed by atoms with E-state index < -0.39 is 0 Å².